The van der Waals surface area contributed by atoms with E-state index in [9.17, 15) is 33.6 Å². The highest BCUT2D eigenvalue weighted by Gasteiger charge is 2.41. The van der Waals surface area contributed by atoms with Crippen LogP contribution in [-0.2, 0) is 33.4 Å². The fourth-order valence-electron chi connectivity index (χ4n) is 7.80. The van der Waals surface area contributed by atoms with Crippen LogP contribution in [0.1, 0.15) is 112 Å². The molecule has 3 saturated heterocycles. The molecule has 22 nitrogen and oxygen atoms in total. The van der Waals surface area contributed by atoms with Crippen molar-refractivity contribution in [2.45, 2.75) is 130 Å². The van der Waals surface area contributed by atoms with E-state index in [1.54, 1.807) is 64.4 Å². The Hall–Kier alpha value is -7.10. The lowest BCUT2D eigenvalue weighted by Crippen LogP contribution is -2.50. The van der Waals surface area contributed by atoms with Gasteiger partial charge in [0.2, 0.25) is 11.8 Å². The van der Waals surface area contributed by atoms with Gasteiger partial charge in [-0.1, -0.05) is 11.6 Å². The molecule has 0 atom stereocenters. The fraction of sp³-hybridized carbons (Fsp3) is 0.511. The normalized spacial score (nSPS) is 18.8. The Balaban J connectivity index is 0.000000200. The molecule has 7 heterocycles. The number of hydrogen-bond acceptors (Lipinski definition) is 15. The van der Waals surface area contributed by atoms with Gasteiger partial charge in [-0.2, -0.15) is 19.2 Å². The molecule has 23 heteroatoms. The standard InChI is InChI=1S/C28H37N7O6.C19H20ClN5O4/c1-27(2,3)40-25(38)33-11-9-32(10-12-33)20-15-22(34(19-7-8-19)26(39)41-28(4,5)6)35-23(30-20)18(16-29-35)13-17-14-21(36)31-24(17)37;1-19(2,3)29-18(28)24(12-4-5-12)15-8-13(20)22-16-11(9-21-25(15)16)6-10-7-14(26)23-17(10)27/h13,15-16,19H,7-12,14H2,1-6H3,(H,31,36,37);6,8-9,12H,4-5,7H2,1-3H3,(H,23,26,27)/b17-13+;10-6+. The van der Waals surface area contributed by atoms with Gasteiger partial charge in [0.1, 0.15) is 39.4 Å². The van der Waals surface area contributed by atoms with E-state index in [2.05, 4.69) is 25.8 Å². The predicted molar refractivity (Wildman–Crippen MR) is 256 cm³/mol. The highest BCUT2D eigenvalue weighted by Crippen LogP contribution is 2.37. The Kier molecular flexibility index (Phi) is 13.2. The summed E-state index contributed by atoms with van der Waals surface area (Å²) in [5.74, 6) is -0.0739. The van der Waals surface area contributed by atoms with E-state index in [0.717, 1.165) is 25.7 Å². The monoisotopic (exact) mass is 984 g/mol. The maximum Gasteiger partial charge on any atom is 0.416 e. The van der Waals surface area contributed by atoms with Crippen molar-refractivity contribution in [3.8, 4) is 0 Å². The zero-order valence-corrected chi connectivity index (χ0v) is 41.4. The summed E-state index contributed by atoms with van der Waals surface area (Å²) in [4.78, 5) is 102. The number of aromatic nitrogens is 6. The van der Waals surface area contributed by atoms with Gasteiger partial charge in [-0.3, -0.25) is 39.6 Å². The molecule has 0 radical (unpaired) electrons. The van der Waals surface area contributed by atoms with Gasteiger partial charge in [0, 0.05) is 72.7 Å². The zero-order valence-electron chi connectivity index (χ0n) is 40.6. The molecular weight excluding hydrogens is 928 g/mol. The summed E-state index contributed by atoms with van der Waals surface area (Å²) in [7, 11) is 0. The number of carbonyl (C=O) groups excluding carboxylic acids is 7. The number of anilines is 3. The number of hydrogen-bond donors (Lipinski definition) is 2. The Morgan fingerprint density at radius 2 is 1.07 bits per heavy atom. The number of nitrogens with one attached hydrogen (secondary N) is 2. The second-order valence-corrected chi connectivity index (χ2v) is 21.0. The van der Waals surface area contributed by atoms with Crippen LogP contribution in [0, 0.1) is 0 Å². The molecule has 2 aliphatic carbocycles. The van der Waals surface area contributed by atoms with Gasteiger partial charge in [0.05, 0.1) is 25.2 Å². The van der Waals surface area contributed by atoms with Gasteiger partial charge in [0.15, 0.2) is 11.3 Å². The molecule has 0 aromatic carbocycles. The van der Waals surface area contributed by atoms with Crippen molar-refractivity contribution >= 4 is 94.4 Å². The minimum Gasteiger partial charge on any atom is -0.444 e. The first kappa shape index (κ1) is 49.3. The van der Waals surface area contributed by atoms with E-state index in [-0.39, 0.29) is 48.0 Å². The first-order chi connectivity index (χ1) is 32.8. The number of nitrogens with zero attached hydrogens (tertiary/aromatic N) is 10. The lowest BCUT2D eigenvalue weighted by molar-refractivity contribution is -0.125. The Labute approximate surface area is 408 Å². The number of amides is 7. The molecule has 0 spiro atoms. The Bertz CT molecular complexity index is 2870. The minimum absolute atomic E-state index is 0.00393. The van der Waals surface area contributed by atoms with Gasteiger partial charge in [0.25, 0.3) is 11.8 Å². The van der Waals surface area contributed by atoms with Gasteiger partial charge in [-0.05, 0) is 100 Å². The van der Waals surface area contributed by atoms with Crippen LogP contribution < -0.4 is 25.3 Å². The predicted octanol–water partition coefficient (Wildman–Crippen LogP) is 5.84. The third-order valence-corrected chi connectivity index (χ3v) is 11.3. The number of imide groups is 2. The van der Waals surface area contributed by atoms with E-state index >= 15 is 0 Å². The van der Waals surface area contributed by atoms with Crippen LogP contribution in [0.25, 0.3) is 23.4 Å². The SMILES string of the molecule is CC(C)(C)OC(=O)N(c1cc(Cl)nc2c(/C=C3\CC(=O)NC3=O)cnn12)C1CC1.CC(C)(C)OC(=O)N1CCN(c2cc(N(C(=O)OC(C)(C)C)C3CC3)n3ncc(/C=C4\CC(=O)NC4=O)c3n2)CC1. The smallest absolute Gasteiger partial charge is 0.416 e. The maximum atomic E-state index is 13.4. The fourth-order valence-corrected chi connectivity index (χ4v) is 7.98. The number of fused-ring (bicyclic) bond motifs is 2. The second kappa shape index (κ2) is 18.7. The quantitative estimate of drug-likeness (QED) is 0.0957. The molecule has 4 aromatic rings. The topological polar surface area (TPSA) is 245 Å². The summed E-state index contributed by atoms with van der Waals surface area (Å²) in [5, 5.41) is 13.6. The van der Waals surface area contributed by atoms with Crippen LogP contribution in [-0.4, -0.2) is 131 Å². The maximum absolute atomic E-state index is 13.4. The van der Waals surface area contributed by atoms with Gasteiger partial charge in [-0.25, -0.2) is 24.4 Å². The minimum atomic E-state index is -0.695. The van der Waals surface area contributed by atoms with Crippen LogP contribution in [0.3, 0.4) is 0 Å². The molecule has 9 rings (SSSR count). The molecule has 372 valence electrons. The Morgan fingerprint density at radius 1 is 0.643 bits per heavy atom. The summed E-state index contributed by atoms with van der Waals surface area (Å²) in [6, 6.07) is 3.33. The molecule has 7 amide bonds. The summed E-state index contributed by atoms with van der Waals surface area (Å²) in [6.07, 6.45) is 8.25. The molecule has 2 N–H and O–H groups in total. The average molecular weight is 985 g/mol. The number of ether oxygens (including phenoxy) is 3. The summed E-state index contributed by atoms with van der Waals surface area (Å²) in [5.41, 5.74) is 0.574. The molecule has 5 fully saturated rings. The summed E-state index contributed by atoms with van der Waals surface area (Å²) in [6.45, 7) is 18.2. The van der Waals surface area contributed by atoms with Gasteiger partial charge >= 0.3 is 18.3 Å². The molecular formula is C47H57ClN12O10. The van der Waals surface area contributed by atoms with Crippen molar-refractivity contribution in [2.24, 2.45) is 0 Å². The van der Waals surface area contributed by atoms with Crippen LogP contribution >= 0.6 is 11.6 Å². The number of carbonyl (C=O) groups is 7. The van der Waals surface area contributed by atoms with Crippen molar-refractivity contribution in [3.05, 3.63) is 52.0 Å². The number of halogens is 1. The van der Waals surface area contributed by atoms with Crippen LogP contribution in [0.5, 0.6) is 0 Å². The van der Waals surface area contributed by atoms with E-state index in [4.69, 9.17) is 30.8 Å². The third-order valence-electron chi connectivity index (χ3n) is 11.1. The van der Waals surface area contributed by atoms with E-state index in [0.29, 0.717) is 77.2 Å². The average Bonchev–Trinajstić information content (AvgIpc) is 4.12. The first-order valence-corrected chi connectivity index (χ1v) is 23.5. The lowest BCUT2D eigenvalue weighted by Gasteiger charge is -2.36. The first-order valence-electron chi connectivity index (χ1n) is 23.1. The lowest BCUT2D eigenvalue weighted by atomic mass is 10.1. The molecule has 0 unspecified atom stereocenters. The van der Waals surface area contributed by atoms with E-state index in [1.807, 2.05) is 52.5 Å². The van der Waals surface area contributed by atoms with Crippen LogP contribution in [0.4, 0.5) is 31.8 Å². The van der Waals surface area contributed by atoms with Crippen molar-refractivity contribution in [1.82, 2.24) is 44.7 Å². The van der Waals surface area contributed by atoms with Crippen LogP contribution in [0.15, 0.2) is 35.7 Å². The highest BCUT2D eigenvalue weighted by atomic mass is 35.5. The van der Waals surface area contributed by atoms with Crippen molar-refractivity contribution in [2.75, 3.05) is 40.9 Å². The van der Waals surface area contributed by atoms with Crippen LogP contribution in [0.2, 0.25) is 5.15 Å². The van der Waals surface area contributed by atoms with Crippen molar-refractivity contribution in [3.63, 3.8) is 0 Å². The summed E-state index contributed by atoms with van der Waals surface area (Å²) >= 11 is 6.24. The Morgan fingerprint density at radius 3 is 1.47 bits per heavy atom. The van der Waals surface area contributed by atoms with Gasteiger partial charge in [-0.15, -0.1) is 0 Å². The number of rotatable bonds is 7. The molecule has 4 aromatic heterocycles. The zero-order chi connectivity index (χ0) is 50.6. The van der Waals surface area contributed by atoms with Gasteiger partial charge < -0.3 is 24.0 Å². The molecule has 2 saturated carbocycles. The third kappa shape index (κ3) is 11.5. The second-order valence-electron chi connectivity index (χ2n) is 20.6. The molecule has 5 aliphatic rings. The highest BCUT2D eigenvalue weighted by molar-refractivity contribution is 6.30. The summed E-state index contributed by atoms with van der Waals surface area (Å²) < 4.78 is 19.9. The largest absolute Gasteiger partial charge is 0.444 e. The molecule has 70 heavy (non-hydrogen) atoms. The van der Waals surface area contributed by atoms with Crippen molar-refractivity contribution < 1.29 is 47.8 Å². The van der Waals surface area contributed by atoms with E-state index in [1.165, 1.54) is 10.7 Å². The molecule has 0 bridgehead atoms. The molecule has 3 aliphatic heterocycles. The van der Waals surface area contributed by atoms with E-state index < -0.39 is 40.8 Å². The van der Waals surface area contributed by atoms with Crippen molar-refractivity contribution in [1.29, 1.82) is 0 Å². The number of piperazine rings is 1.